The molecular weight excluding hydrogens is 384 g/mol. The first kappa shape index (κ1) is 22.4. The van der Waals surface area contributed by atoms with Crippen LogP contribution in [0.2, 0.25) is 51.9 Å². The highest BCUT2D eigenvalue weighted by atomic mass is 28.5. The van der Waals surface area contributed by atoms with Crippen LogP contribution < -0.4 is 0 Å². The van der Waals surface area contributed by atoms with Crippen molar-refractivity contribution in [1.29, 1.82) is 0 Å². The van der Waals surface area contributed by atoms with Gasteiger partial charge in [0.2, 0.25) is 0 Å². The Labute approximate surface area is 168 Å². The minimum absolute atomic E-state index is 0.390. The Kier molecular flexibility index (Phi) is 6.80. The molecule has 0 radical (unpaired) electrons. The lowest BCUT2D eigenvalue weighted by Gasteiger charge is -2.39. The molecule has 1 unspecified atom stereocenters. The largest absolute Gasteiger partial charge is 0.507 e. The smallest absolute Gasteiger partial charge is 0.314 e. The third kappa shape index (κ3) is 6.87. The van der Waals surface area contributed by atoms with Crippen LogP contribution in [-0.2, 0) is 14.7 Å². The fourth-order valence-electron chi connectivity index (χ4n) is 3.95. The molecule has 0 aliphatic carbocycles. The van der Waals surface area contributed by atoms with E-state index < -0.39 is 25.2 Å². The van der Waals surface area contributed by atoms with Crippen LogP contribution in [0.4, 0.5) is 0 Å². The lowest BCUT2D eigenvalue weighted by Crippen LogP contribution is -2.53. The summed E-state index contributed by atoms with van der Waals surface area (Å²) in [6.07, 6.45) is 0.837. The van der Waals surface area contributed by atoms with Gasteiger partial charge in [-0.3, -0.25) is 0 Å². The number of aromatic hydroxyl groups is 1. The van der Waals surface area contributed by atoms with E-state index in [1.807, 2.05) is 24.3 Å². The van der Waals surface area contributed by atoms with E-state index in [2.05, 4.69) is 64.9 Å². The maximum absolute atomic E-state index is 10.7. The van der Waals surface area contributed by atoms with Crippen molar-refractivity contribution in [1.82, 2.24) is 0 Å². The Balaban J connectivity index is 2.20. The Bertz CT molecular complexity index is 762. The molecular formula is C21H36O3Si3. The van der Waals surface area contributed by atoms with Gasteiger partial charge in [-0.1, -0.05) is 43.3 Å². The van der Waals surface area contributed by atoms with Crippen molar-refractivity contribution in [3.05, 3.63) is 42.0 Å². The van der Waals surface area contributed by atoms with E-state index in [-0.39, 0.29) is 0 Å². The molecule has 0 amide bonds. The summed E-state index contributed by atoms with van der Waals surface area (Å²) >= 11 is 0. The first-order valence-corrected chi connectivity index (χ1v) is 19.2. The number of fused-ring (bicyclic) bond motifs is 1. The number of benzene rings is 2. The molecule has 27 heavy (non-hydrogen) atoms. The Morgan fingerprint density at radius 2 is 1.41 bits per heavy atom. The third-order valence-electron chi connectivity index (χ3n) is 4.32. The minimum atomic E-state index is -2.27. The van der Waals surface area contributed by atoms with Gasteiger partial charge in [-0.05, 0) is 75.2 Å². The average molecular weight is 421 g/mol. The van der Waals surface area contributed by atoms with Crippen LogP contribution >= 0.6 is 0 Å². The van der Waals surface area contributed by atoms with E-state index in [0.717, 1.165) is 28.8 Å². The fourth-order valence-corrected chi connectivity index (χ4v) is 16.9. The molecule has 6 heteroatoms. The molecule has 0 spiro atoms. The number of hydrogen-bond donors (Lipinski definition) is 1. The van der Waals surface area contributed by atoms with E-state index in [1.165, 1.54) is 0 Å². The zero-order valence-electron chi connectivity index (χ0n) is 18.2. The second-order valence-electron chi connectivity index (χ2n) is 9.87. The van der Waals surface area contributed by atoms with Gasteiger partial charge in [0, 0.05) is 5.39 Å². The van der Waals surface area contributed by atoms with Crippen molar-refractivity contribution >= 4 is 36.0 Å². The Morgan fingerprint density at radius 1 is 0.852 bits per heavy atom. The van der Waals surface area contributed by atoms with Crippen LogP contribution in [0.3, 0.4) is 0 Å². The molecule has 1 N–H and O–H groups in total. The summed E-state index contributed by atoms with van der Waals surface area (Å²) in [5.41, 5.74) is 1.01. The van der Waals surface area contributed by atoms with Crippen molar-refractivity contribution in [3.63, 3.8) is 0 Å². The SMILES string of the molecule is CC(Cc1ccc2ccccc2c1O)C[Si](C)(O[Si](C)(C)C)O[Si](C)(C)C. The monoisotopic (exact) mass is 420 g/mol. The molecule has 150 valence electrons. The van der Waals surface area contributed by atoms with Gasteiger partial charge >= 0.3 is 8.56 Å². The second-order valence-corrected chi connectivity index (χ2v) is 22.6. The van der Waals surface area contributed by atoms with Crippen LogP contribution in [0.15, 0.2) is 36.4 Å². The summed E-state index contributed by atoms with van der Waals surface area (Å²) < 4.78 is 13.3. The van der Waals surface area contributed by atoms with E-state index in [4.69, 9.17) is 8.23 Å². The normalized spacial score (nSPS) is 14.5. The van der Waals surface area contributed by atoms with E-state index in [0.29, 0.717) is 11.7 Å². The van der Waals surface area contributed by atoms with Crippen LogP contribution in [-0.4, -0.2) is 30.3 Å². The molecule has 0 bridgehead atoms. The van der Waals surface area contributed by atoms with Gasteiger partial charge in [0.15, 0.2) is 16.6 Å². The predicted octanol–water partition coefficient (Wildman–Crippen LogP) is 6.50. The maximum atomic E-state index is 10.7. The zero-order valence-corrected chi connectivity index (χ0v) is 21.2. The Hall–Kier alpha value is -0.929. The molecule has 0 aliphatic heterocycles. The molecule has 0 saturated carbocycles. The molecule has 0 aromatic heterocycles. The molecule has 1 atom stereocenters. The summed E-state index contributed by atoms with van der Waals surface area (Å²) in [5.74, 6) is 0.807. The van der Waals surface area contributed by atoms with Crippen LogP contribution in [0, 0.1) is 5.92 Å². The quantitative estimate of drug-likeness (QED) is 0.495. The highest BCUT2D eigenvalue weighted by Crippen LogP contribution is 2.33. The molecule has 2 rings (SSSR count). The van der Waals surface area contributed by atoms with Crippen LogP contribution in [0.25, 0.3) is 10.8 Å². The summed E-state index contributed by atoms with van der Waals surface area (Å²) in [6.45, 7) is 17.9. The lowest BCUT2D eigenvalue weighted by molar-refractivity contribution is 0.368. The van der Waals surface area contributed by atoms with Crippen molar-refractivity contribution < 1.29 is 13.3 Å². The number of phenols is 1. The highest BCUT2D eigenvalue weighted by molar-refractivity contribution is 6.87. The van der Waals surface area contributed by atoms with Gasteiger partial charge in [-0.15, -0.1) is 0 Å². The number of rotatable bonds is 8. The fraction of sp³-hybridized carbons (Fsp3) is 0.524. The predicted molar refractivity (Wildman–Crippen MR) is 124 cm³/mol. The molecule has 0 saturated heterocycles. The van der Waals surface area contributed by atoms with Crippen LogP contribution in [0.5, 0.6) is 5.75 Å². The summed E-state index contributed by atoms with van der Waals surface area (Å²) in [4.78, 5) is 0. The maximum Gasteiger partial charge on any atom is 0.314 e. The van der Waals surface area contributed by atoms with Crippen LogP contribution in [0.1, 0.15) is 12.5 Å². The highest BCUT2D eigenvalue weighted by Gasteiger charge is 2.41. The number of phenolic OH excluding ortho intramolecular Hbond substituents is 1. The van der Waals surface area contributed by atoms with Crippen molar-refractivity contribution in [2.45, 2.75) is 65.2 Å². The van der Waals surface area contributed by atoms with Crippen molar-refractivity contribution in [2.24, 2.45) is 5.92 Å². The molecule has 2 aromatic rings. The zero-order chi connectivity index (χ0) is 20.5. The van der Waals surface area contributed by atoms with Gasteiger partial charge < -0.3 is 13.3 Å². The topological polar surface area (TPSA) is 38.7 Å². The van der Waals surface area contributed by atoms with Gasteiger partial charge in [0.25, 0.3) is 0 Å². The molecule has 0 fully saturated rings. The molecule has 3 nitrogen and oxygen atoms in total. The van der Waals surface area contributed by atoms with Crippen molar-refractivity contribution in [3.8, 4) is 5.75 Å². The molecule has 2 aromatic carbocycles. The Morgan fingerprint density at radius 3 is 1.96 bits per heavy atom. The van der Waals surface area contributed by atoms with Gasteiger partial charge in [0.05, 0.1) is 0 Å². The van der Waals surface area contributed by atoms with Gasteiger partial charge in [-0.2, -0.15) is 0 Å². The van der Waals surface area contributed by atoms with Gasteiger partial charge in [0.1, 0.15) is 5.75 Å². The third-order valence-corrected chi connectivity index (χ3v) is 14.1. The second kappa shape index (κ2) is 8.21. The molecule has 0 aliphatic rings. The van der Waals surface area contributed by atoms with Gasteiger partial charge in [-0.25, -0.2) is 0 Å². The van der Waals surface area contributed by atoms with E-state index >= 15 is 0 Å². The summed E-state index contributed by atoms with van der Waals surface area (Å²) in [5, 5.41) is 12.7. The summed E-state index contributed by atoms with van der Waals surface area (Å²) in [7, 11) is -5.64. The molecule has 0 heterocycles. The lowest BCUT2D eigenvalue weighted by atomic mass is 9.98. The standard InChI is InChI=1S/C21H36O3Si3/c1-17(16-27(8,23-25(2,3)4)24-26(5,6)7)15-19-14-13-18-11-9-10-12-20(18)21(19)22/h9-14,17,22H,15-16H2,1-8H3. The number of hydrogen-bond acceptors (Lipinski definition) is 3. The summed E-state index contributed by atoms with van der Waals surface area (Å²) in [6, 6.07) is 13.1. The van der Waals surface area contributed by atoms with E-state index in [9.17, 15) is 5.11 Å². The first-order valence-electron chi connectivity index (χ1n) is 9.88. The average Bonchev–Trinajstić information content (AvgIpc) is 2.45. The van der Waals surface area contributed by atoms with E-state index in [1.54, 1.807) is 0 Å². The van der Waals surface area contributed by atoms with Crippen molar-refractivity contribution in [2.75, 3.05) is 0 Å². The minimum Gasteiger partial charge on any atom is -0.507 e. The first-order chi connectivity index (χ1) is 12.3.